The van der Waals surface area contributed by atoms with Gasteiger partial charge >= 0.3 is 5.97 Å². The monoisotopic (exact) mass is 580 g/mol. The highest BCUT2D eigenvalue weighted by Crippen LogP contribution is 2.66. The van der Waals surface area contributed by atoms with Crippen LogP contribution >= 0.6 is 0 Å². The summed E-state index contributed by atoms with van der Waals surface area (Å²) in [5, 5.41) is 0. The summed E-state index contributed by atoms with van der Waals surface area (Å²) in [6.07, 6.45) is 33.6. The molecule has 0 N–H and O–H groups in total. The fraction of sp³-hybridized carbons (Fsp3) is 0.846. The van der Waals surface area contributed by atoms with Crippen LogP contribution < -0.4 is 0 Å². The Hall–Kier alpha value is -1.38. The molecule has 42 heavy (non-hydrogen) atoms. The first kappa shape index (κ1) is 33.5. The fourth-order valence-corrected chi connectivity index (χ4v) is 9.98. The van der Waals surface area contributed by atoms with Crippen molar-refractivity contribution in [2.24, 2.45) is 34.5 Å². The summed E-state index contributed by atoms with van der Waals surface area (Å²) in [4.78, 5) is 25.1. The topological polar surface area (TPSA) is 43.4 Å². The Morgan fingerprint density at radius 1 is 0.833 bits per heavy atom. The van der Waals surface area contributed by atoms with Gasteiger partial charge in [-0.15, -0.1) is 0 Å². The second-order valence-corrected chi connectivity index (χ2v) is 15.2. The van der Waals surface area contributed by atoms with E-state index in [1.165, 1.54) is 89.9 Å². The van der Waals surface area contributed by atoms with Gasteiger partial charge in [0.05, 0.1) is 0 Å². The molecule has 0 aromatic rings. The predicted octanol–water partition coefficient (Wildman–Crippen LogP) is 11.1. The van der Waals surface area contributed by atoms with Crippen molar-refractivity contribution in [1.82, 2.24) is 0 Å². The van der Waals surface area contributed by atoms with Gasteiger partial charge in [0.15, 0.2) is 0 Å². The molecule has 4 aliphatic carbocycles. The highest BCUT2D eigenvalue weighted by molar-refractivity contribution is 5.79. The lowest BCUT2D eigenvalue weighted by Gasteiger charge is -2.58. The van der Waals surface area contributed by atoms with Gasteiger partial charge in [0.25, 0.3) is 0 Å². The van der Waals surface area contributed by atoms with Gasteiger partial charge in [-0.2, -0.15) is 0 Å². The van der Waals surface area contributed by atoms with E-state index in [-0.39, 0.29) is 28.8 Å². The molecule has 3 nitrogen and oxygen atoms in total. The first-order valence-corrected chi connectivity index (χ1v) is 18.3. The van der Waals surface area contributed by atoms with Gasteiger partial charge in [0.2, 0.25) is 0 Å². The summed E-state index contributed by atoms with van der Waals surface area (Å²) in [6.45, 7) is 9.05. The van der Waals surface area contributed by atoms with Crippen LogP contribution in [0.15, 0.2) is 23.8 Å². The number of hydrogen-bond donors (Lipinski definition) is 0. The van der Waals surface area contributed by atoms with E-state index in [4.69, 9.17) is 4.74 Å². The zero-order chi connectivity index (χ0) is 30.0. The van der Waals surface area contributed by atoms with E-state index >= 15 is 0 Å². The van der Waals surface area contributed by atoms with Crippen LogP contribution in [0.3, 0.4) is 0 Å². The number of Topliss-reactive ketones (excluding diaryl/α,β-unsaturated/α-hetero) is 1. The number of unbranched alkanes of at least 4 members (excludes halogenated alkanes) is 11. The lowest BCUT2D eigenvalue weighted by atomic mass is 9.47. The Morgan fingerprint density at radius 3 is 2.19 bits per heavy atom. The minimum absolute atomic E-state index is 0.0187. The Morgan fingerprint density at radius 2 is 1.50 bits per heavy atom. The lowest BCUT2D eigenvalue weighted by Crippen LogP contribution is -2.51. The van der Waals surface area contributed by atoms with Gasteiger partial charge in [-0.1, -0.05) is 95.9 Å². The summed E-state index contributed by atoms with van der Waals surface area (Å²) in [5.41, 5.74) is 2.04. The molecule has 3 heteroatoms. The SMILES string of the molecule is CCCCCCCCC=CCCCCCCCC(=O)OC1CC[C@@]2(C)C(=CC[C@H]3[C@@H]4CC[C@H](C(C)=O)[C@@]4(C)CC[C@@H]32)C1. The molecule has 0 amide bonds. The molecule has 0 saturated heterocycles. The molecule has 3 saturated carbocycles. The molecule has 238 valence electrons. The van der Waals surface area contributed by atoms with E-state index in [0.717, 1.165) is 56.8 Å². The zero-order valence-corrected chi connectivity index (χ0v) is 27.9. The van der Waals surface area contributed by atoms with Crippen LogP contribution in [0.4, 0.5) is 0 Å². The Kier molecular flexibility index (Phi) is 12.8. The molecule has 0 aliphatic heterocycles. The standard InChI is InChI=1S/C39H64O3/c1-5-6-7-8-9-10-11-12-13-14-15-16-17-18-19-20-37(41)42-32-25-27-38(3)31(29-32)21-22-33-35-24-23-34(30(2)40)39(35,4)28-26-36(33)38/h12-13,21,32-36H,5-11,14-20,22-29H2,1-4H3/t32?,33-,34+,35-,36-,38-,39+/m0/s1. The van der Waals surface area contributed by atoms with Crippen molar-refractivity contribution in [3.63, 3.8) is 0 Å². The molecule has 7 atom stereocenters. The molecular weight excluding hydrogens is 516 g/mol. The summed E-state index contributed by atoms with van der Waals surface area (Å²) < 4.78 is 6.04. The Balaban J connectivity index is 1.09. The van der Waals surface area contributed by atoms with Crippen LogP contribution in [0.1, 0.15) is 169 Å². The second-order valence-electron chi connectivity index (χ2n) is 15.2. The Labute approximate surface area is 259 Å². The van der Waals surface area contributed by atoms with Gasteiger partial charge in [-0.05, 0) is 113 Å². The van der Waals surface area contributed by atoms with Crippen LogP contribution in [0.2, 0.25) is 0 Å². The number of carbonyl (C=O) groups is 2. The zero-order valence-electron chi connectivity index (χ0n) is 27.9. The van der Waals surface area contributed by atoms with Crippen molar-refractivity contribution in [3.05, 3.63) is 23.8 Å². The molecule has 0 heterocycles. The molecule has 0 spiro atoms. The molecule has 4 rings (SSSR count). The summed E-state index contributed by atoms with van der Waals surface area (Å²) in [7, 11) is 0. The number of rotatable bonds is 17. The Bertz CT molecular complexity index is 932. The van der Waals surface area contributed by atoms with Crippen LogP contribution in [0.25, 0.3) is 0 Å². The third-order valence-electron chi connectivity index (χ3n) is 12.5. The average Bonchev–Trinajstić information content (AvgIpc) is 3.33. The fourth-order valence-electron chi connectivity index (χ4n) is 9.98. The number of carbonyl (C=O) groups excluding carboxylic acids is 2. The van der Waals surface area contributed by atoms with Gasteiger partial charge < -0.3 is 4.74 Å². The molecule has 1 unspecified atom stereocenters. The molecular formula is C39H64O3. The van der Waals surface area contributed by atoms with Crippen molar-refractivity contribution in [2.75, 3.05) is 0 Å². The average molecular weight is 581 g/mol. The summed E-state index contributed by atoms with van der Waals surface area (Å²) in [5.74, 6) is 2.86. The van der Waals surface area contributed by atoms with Crippen LogP contribution in [-0.4, -0.2) is 17.9 Å². The van der Waals surface area contributed by atoms with E-state index in [2.05, 4.69) is 39.0 Å². The maximum Gasteiger partial charge on any atom is 0.306 e. The van der Waals surface area contributed by atoms with Gasteiger partial charge in [0, 0.05) is 18.8 Å². The van der Waals surface area contributed by atoms with E-state index in [9.17, 15) is 9.59 Å². The molecule has 0 radical (unpaired) electrons. The number of ether oxygens (including phenoxy) is 1. The summed E-state index contributed by atoms with van der Waals surface area (Å²) in [6, 6.07) is 0. The maximum absolute atomic E-state index is 12.7. The first-order chi connectivity index (χ1) is 20.3. The maximum atomic E-state index is 12.7. The van der Waals surface area contributed by atoms with Crippen molar-refractivity contribution in [3.8, 4) is 0 Å². The molecule has 0 aromatic heterocycles. The van der Waals surface area contributed by atoms with Crippen molar-refractivity contribution < 1.29 is 14.3 Å². The normalized spacial score (nSPS) is 34.0. The molecule has 3 fully saturated rings. The highest BCUT2D eigenvalue weighted by atomic mass is 16.5. The third-order valence-corrected chi connectivity index (χ3v) is 12.5. The van der Waals surface area contributed by atoms with Crippen LogP contribution in [0, 0.1) is 34.5 Å². The van der Waals surface area contributed by atoms with Crippen LogP contribution in [-0.2, 0) is 14.3 Å². The van der Waals surface area contributed by atoms with Gasteiger partial charge in [-0.25, -0.2) is 0 Å². The van der Waals surface area contributed by atoms with Crippen molar-refractivity contribution in [2.45, 2.75) is 175 Å². The number of fused-ring (bicyclic) bond motifs is 5. The third kappa shape index (κ3) is 8.20. The van der Waals surface area contributed by atoms with E-state index in [1.54, 1.807) is 5.57 Å². The van der Waals surface area contributed by atoms with E-state index in [0.29, 0.717) is 18.1 Å². The molecule has 4 aliphatic rings. The highest BCUT2D eigenvalue weighted by Gasteiger charge is 2.59. The number of allylic oxidation sites excluding steroid dienone is 3. The van der Waals surface area contributed by atoms with E-state index < -0.39 is 0 Å². The van der Waals surface area contributed by atoms with Gasteiger partial charge in [0.1, 0.15) is 11.9 Å². The van der Waals surface area contributed by atoms with Gasteiger partial charge in [-0.3, -0.25) is 9.59 Å². The lowest BCUT2D eigenvalue weighted by molar-refractivity contribution is -0.151. The second kappa shape index (κ2) is 16.1. The molecule has 0 bridgehead atoms. The van der Waals surface area contributed by atoms with E-state index in [1.807, 2.05) is 6.92 Å². The first-order valence-electron chi connectivity index (χ1n) is 18.3. The minimum atomic E-state index is 0.0187. The summed E-state index contributed by atoms with van der Waals surface area (Å²) >= 11 is 0. The quantitative estimate of drug-likeness (QED) is 0.0976. The number of ketones is 1. The smallest absolute Gasteiger partial charge is 0.306 e. The number of esters is 1. The number of hydrogen-bond acceptors (Lipinski definition) is 3. The minimum Gasteiger partial charge on any atom is -0.462 e. The largest absolute Gasteiger partial charge is 0.462 e. The van der Waals surface area contributed by atoms with Crippen molar-refractivity contribution >= 4 is 11.8 Å². The molecule has 0 aromatic carbocycles. The van der Waals surface area contributed by atoms with Crippen molar-refractivity contribution in [1.29, 1.82) is 0 Å². The predicted molar refractivity (Wildman–Crippen MR) is 175 cm³/mol. The van der Waals surface area contributed by atoms with Crippen LogP contribution in [0.5, 0.6) is 0 Å².